The molecule has 9 heteroatoms. The molecular formula is C24H21N3O5S. The van der Waals surface area contributed by atoms with Gasteiger partial charge in [0.2, 0.25) is 5.91 Å². The van der Waals surface area contributed by atoms with E-state index in [2.05, 4.69) is 0 Å². The molecule has 1 heterocycles. The van der Waals surface area contributed by atoms with Crippen molar-refractivity contribution in [2.75, 3.05) is 10.8 Å². The molecule has 4 rings (SSSR count). The van der Waals surface area contributed by atoms with Gasteiger partial charge in [0.1, 0.15) is 18.9 Å². The molecule has 3 aromatic carbocycles. The Kier molecular flexibility index (Phi) is 6.14. The number of nitrogens with zero attached hydrogens (tertiary/aromatic N) is 1. The number of nitrogens with one attached hydrogen (secondary N) is 1. The third-order valence-corrected chi connectivity index (χ3v) is 6.34. The van der Waals surface area contributed by atoms with E-state index in [1.54, 1.807) is 48.6 Å². The molecule has 3 aromatic rings. The molecule has 2 amide bonds. The highest BCUT2D eigenvalue weighted by Gasteiger charge is 2.35. The highest BCUT2D eigenvalue weighted by atomic mass is 32.2. The summed E-state index contributed by atoms with van der Waals surface area (Å²) in [6.45, 7) is -0.101. The van der Waals surface area contributed by atoms with E-state index in [4.69, 9.17) is 10.5 Å². The smallest absolute Gasteiger partial charge is 0.326 e. The number of anilines is 1. The average molecular weight is 464 g/mol. The fraction of sp³-hybridized carbons (Fsp3) is 0.0833. The van der Waals surface area contributed by atoms with Gasteiger partial charge in [-0.25, -0.2) is 9.03 Å². The Hall–Kier alpha value is -4.11. The summed E-state index contributed by atoms with van der Waals surface area (Å²) in [5.74, 6) is -0.810. The molecule has 0 radical (unpaired) electrons. The summed E-state index contributed by atoms with van der Waals surface area (Å²) < 4.78 is 33.7. The highest BCUT2D eigenvalue weighted by Crippen LogP contribution is 2.33. The topological polar surface area (TPSA) is 119 Å². The summed E-state index contributed by atoms with van der Waals surface area (Å²) in [6.07, 6.45) is 3.61. The number of rotatable bonds is 7. The fourth-order valence-electron chi connectivity index (χ4n) is 3.34. The van der Waals surface area contributed by atoms with Gasteiger partial charge in [-0.2, -0.15) is 8.42 Å². The van der Waals surface area contributed by atoms with E-state index in [-0.39, 0.29) is 18.8 Å². The van der Waals surface area contributed by atoms with Crippen molar-refractivity contribution in [3.05, 3.63) is 95.1 Å². The molecule has 8 nitrogen and oxygen atoms in total. The van der Waals surface area contributed by atoms with Crippen LogP contribution in [0.3, 0.4) is 0 Å². The largest absolute Gasteiger partial charge is 0.487 e. The third kappa shape index (κ3) is 5.21. The van der Waals surface area contributed by atoms with Gasteiger partial charge in [-0.1, -0.05) is 60.7 Å². The molecule has 33 heavy (non-hydrogen) atoms. The fourth-order valence-corrected chi connectivity index (χ4v) is 4.50. The summed E-state index contributed by atoms with van der Waals surface area (Å²) in [7, 11) is -3.98. The number of hydrogen-bond donors (Lipinski definition) is 2. The number of carbonyl (C=O) groups is 2. The standard InChI is InChI=1S/C24H21N3O5S/c25-24(29)20-8-4-7-17(13-20)9-10-18-11-12-21(27-15-23(28)26-33(27,30)31)22(14-18)32-16-19-5-2-1-3-6-19/h1-14H,15-16H2,(H2,25,29)(H,26,28)/b10-9+. The minimum absolute atomic E-state index is 0.219. The van der Waals surface area contributed by atoms with Crippen molar-refractivity contribution in [2.45, 2.75) is 6.61 Å². The second kappa shape index (κ2) is 9.17. The van der Waals surface area contributed by atoms with Crippen molar-refractivity contribution >= 4 is 39.9 Å². The number of ether oxygens (including phenoxy) is 1. The monoisotopic (exact) mass is 463 g/mol. The van der Waals surface area contributed by atoms with Crippen LogP contribution in [0.4, 0.5) is 5.69 Å². The molecule has 0 unspecified atom stereocenters. The lowest BCUT2D eigenvalue weighted by molar-refractivity contribution is -0.117. The number of carbonyl (C=O) groups excluding carboxylic acids is 2. The summed E-state index contributed by atoms with van der Waals surface area (Å²) >= 11 is 0. The lowest BCUT2D eigenvalue weighted by Gasteiger charge is -2.19. The highest BCUT2D eigenvalue weighted by molar-refractivity contribution is 7.92. The summed E-state index contributed by atoms with van der Waals surface area (Å²) in [5, 5.41) is 0. The Morgan fingerprint density at radius 3 is 2.39 bits per heavy atom. The summed E-state index contributed by atoms with van der Waals surface area (Å²) in [5.41, 5.74) is 8.42. The first-order chi connectivity index (χ1) is 15.8. The maximum atomic E-state index is 12.4. The van der Waals surface area contributed by atoms with Gasteiger partial charge in [0, 0.05) is 5.56 Å². The molecule has 0 bridgehead atoms. The van der Waals surface area contributed by atoms with Crippen LogP contribution < -0.4 is 19.5 Å². The number of amides is 2. The predicted octanol–water partition coefficient (Wildman–Crippen LogP) is 2.72. The molecule has 0 atom stereocenters. The Morgan fingerprint density at radius 2 is 1.73 bits per heavy atom. The van der Waals surface area contributed by atoms with Crippen molar-refractivity contribution in [2.24, 2.45) is 5.73 Å². The number of hydrogen-bond acceptors (Lipinski definition) is 5. The summed E-state index contributed by atoms with van der Waals surface area (Å²) in [4.78, 5) is 23.1. The third-order valence-electron chi connectivity index (χ3n) is 4.95. The Labute approximate surface area is 191 Å². The molecule has 0 aliphatic carbocycles. The second-order valence-corrected chi connectivity index (χ2v) is 8.96. The van der Waals surface area contributed by atoms with Gasteiger partial charge in [-0.15, -0.1) is 0 Å². The number of nitrogens with two attached hydrogens (primary N) is 1. The SMILES string of the molecule is NC(=O)c1cccc(/C=C/c2ccc(N3CC(=O)NS3(=O)=O)c(OCc3ccccc3)c2)c1. The molecule has 3 N–H and O–H groups in total. The van der Waals surface area contributed by atoms with Crippen LogP contribution in [0, 0.1) is 0 Å². The average Bonchev–Trinajstić information content (AvgIpc) is 3.08. The zero-order valence-electron chi connectivity index (χ0n) is 17.5. The van der Waals surface area contributed by atoms with Crippen LogP contribution in [0.15, 0.2) is 72.8 Å². The predicted molar refractivity (Wildman–Crippen MR) is 126 cm³/mol. The van der Waals surface area contributed by atoms with Gasteiger partial charge >= 0.3 is 10.2 Å². The van der Waals surface area contributed by atoms with Gasteiger partial charge in [-0.05, 0) is 41.0 Å². The van der Waals surface area contributed by atoms with E-state index in [0.29, 0.717) is 11.3 Å². The molecule has 1 saturated heterocycles. The van der Waals surface area contributed by atoms with Gasteiger partial charge in [0.05, 0.1) is 5.69 Å². The Morgan fingerprint density at radius 1 is 1.00 bits per heavy atom. The first-order valence-electron chi connectivity index (χ1n) is 10.0. The summed E-state index contributed by atoms with van der Waals surface area (Å²) in [6, 6.07) is 21.3. The van der Waals surface area contributed by atoms with Gasteiger partial charge in [-0.3, -0.25) is 9.59 Å². The van der Waals surface area contributed by atoms with Crippen molar-refractivity contribution in [1.82, 2.24) is 4.72 Å². The van der Waals surface area contributed by atoms with Crippen LogP contribution in [-0.2, 0) is 21.6 Å². The molecule has 1 aliphatic rings. The molecule has 168 valence electrons. The van der Waals surface area contributed by atoms with Crippen molar-refractivity contribution in [1.29, 1.82) is 0 Å². The van der Waals surface area contributed by atoms with Crippen LogP contribution in [0.5, 0.6) is 5.75 Å². The molecular weight excluding hydrogens is 442 g/mol. The van der Waals surface area contributed by atoms with E-state index in [0.717, 1.165) is 21.0 Å². The minimum Gasteiger partial charge on any atom is -0.487 e. The quantitative estimate of drug-likeness (QED) is 0.522. The Balaban J connectivity index is 1.66. The van der Waals surface area contributed by atoms with E-state index in [1.165, 1.54) is 0 Å². The zero-order valence-corrected chi connectivity index (χ0v) is 18.3. The molecule has 0 spiro atoms. The minimum atomic E-state index is -3.98. The van der Waals surface area contributed by atoms with Crippen LogP contribution in [0.2, 0.25) is 0 Å². The van der Waals surface area contributed by atoms with E-state index >= 15 is 0 Å². The zero-order chi connectivity index (χ0) is 23.4. The second-order valence-electron chi connectivity index (χ2n) is 7.36. The van der Waals surface area contributed by atoms with Crippen molar-refractivity contribution in [3.63, 3.8) is 0 Å². The molecule has 1 aliphatic heterocycles. The molecule has 1 fully saturated rings. The van der Waals surface area contributed by atoms with Gasteiger partial charge in [0.25, 0.3) is 5.91 Å². The van der Waals surface area contributed by atoms with Crippen molar-refractivity contribution < 1.29 is 22.7 Å². The van der Waals surface area contributed by atoms with E-state index < -0.39 is 22.0 Å². The molecule has 0 saturated carbocycles. The van der Waals surface area contributed by atoms with Crippen LogP contribution in [-0.4, -0.2) is 26.8 Å². The lowest BCUT2D eigenvalue weighted by atomic mass is 10.1. The van der Waals surface area contributed by atoms with Crippen LogP contribution in [0.1, 0.15) is 27.0 Å². The van der Waals surface area contributed by atoms with E-state index in [1.807, 2.05) is 41.1 Å². The Bertz CT molecular complexity index is 1340. The maximum absolute atomic E-state index is 12.4. The van der Waals surface area contributed by atoms with Crippen LogP contribution in [0.25, 0.3) is 12.2 Å². The number of primary amides is 1. The number of benzene rings is 3. The van der Waals surface area contributed by atoms with Gasteiger partial charge < -0.3 is 10.5 Å². The van der Waals surface area contributed by atoms with Crippen LogP contribution >= 0.6 is 0 Å². The maximum Gasteiger partial charge on any atom is 0.326 e. The lowest BCUT2D eigenvalue weighted by Crippen LogP contribution is -2.29. The van der Waals surface area contributed by atoms with E-state index in [9.17, 15) is 18.0 Å². The first kappa shape index (κ1) is 22.1. The molecule has 0 aromatic heterocycles. The first-order valence-corrected chi connectivity index (χ1v) is 11.5. The normalized spacial score (nSPS) is 14.9. The van der Waals surface area contributed by atoms with Crippen molar-refractivity contribution in [3.8, 4) is 5.75 Å². The van der Waals surface area contributed by atoms with Gasteiger partial charge in [0.15, 0.2) is 0 Å².